The second-order valence-corrected chi connectivity index (χ2v) is 7.41. The number of nitrogens with one attached hydrogen (secondary N) is 1. The van der Waals surface area contributed by atoms with Crippen LogP contribution >= 0.6 is 23.4 Å². The van der Waals surface area contributed by atoms with Crippen LogP contribution in [0.2, 0.25) is 5.02 Å². The summed E-state index contributed by atoms with van der Waals surface area (Å²) in [7, 11) is 0. The third kappa shape index (κ3) is 4.93. The molecule has 1 heterocycles. The Morgan fingerprint density at radius 3 is 2.77 bits per heavy atom. The van der Waals surface area contributed by atoms with E-state index in [9.17, 15) is 9.59 Å². The lowest BCUT2D eigenvalue weighted by molar-refractivity contribution is -0.130. The smallest absolute Gasteiger partial charge is 0.407 e. The van der Waals surface area contributed by atoms with E-state index in [-0.39, 0.29) is 24.4 Å². The molecule has 1 N–H and O–H groups in total. The highest BCUT2D eigenvalue weighted by Gasteiger charge is 2.30. The molecule has 2 amide bonds. The lowest BCUT2D eigenvalue weighted by Crippen LogP contribution is -2.39. The average molecular weight is 391 g/mol. The summed E-state index contributed by atoms with van der Waals surface area (Å²) in [6.07, 6.45) is -0.603. The van der Waals surface area contributed by atoms with Crippen molar-refractivity contribution in [2.45, 2.75) is 12.0 Å². The molecule has 0 aromatic heterocycles. The van der Waals surface area contributed by atoms with Crippen molar-refractivity contribution in [1.29, 1.82) is 0 Å². The van der Waals surface area contributed by atoms with Gasteiger partial charge in [0.1, 0.15) is 18.5 Å². The van der Waals surface area contributed by atoms with Crippen molar-refractivity contribution in [3.63, 3.8) is 0 Å². The molecule has 1 aliphatic rings. The van der Waals surface area contributed by atoms with Crippen LogP contribution in [-0.4, -0.2) is 35.7 Å². The summed E-state index contributed by atoms with van der Waals surface area (Å²) < 4.78 is 5.12. The number of thioether (sulfide) groups is 1. The fraction of sp³-hybridized carbons (Fsp3) is 0.263. The molecule has 5 nitrogen and oxygen atoms in total. The zero-order chi connectivity index (χ0) is 18.4. The van der Waals surface area contributed by atoms with Gasteiger partial charge in [0, 0.05) is 17.3 Å². The number of nitrogens with zero attached hydrogens (tertiary/aromatic N) is 1. The van der Waals surface area contributed by atoms with Gasteiger partial charge in [0.05, 0.1) is 0 Å². The third-order valence-electron chi connectivity index (χ3n) is 3.94. The average Bonchev–Trinajstić information content (AvgIpc) is 3.15. The van der Waals surface area contributed by atoms with E-state index in [0.29, 0.717) is 11.6 Å². The van der Waals surface area contributed by atoms with Gasteiger partial charge in [0.2, 0.25) is 5.91 Å². The predicted molar refractivity (Wildman–Crippen MR) is 103 cm³/mol. The molecular formula is C19H19ClN2O3S. The van der Waals surface area contributed by atoms with Crippen molar-refractivity contribution in [3.05, 3.63) is 70.7 Å². The number of carbonyl (C=O) groups excluding carboxylic acids is 2. The lowest BCUT2D eigenvalue weighted by atomic mass is 10.2. The number of rotatable bonds is 5. The fourth-order valence-electron chi connectivity index (χ4n) is 2.69. The predicted octanol–water partition coefficient (Wildman–Crippen LogP) is 3.84. The van der Waals surface area contributed by atoms with E-state index >= 15 is 0 Å². The van der Waals surface area contributed by atoms with Crippen LogP contribution in [0.5, 0.6) is 0 Å². The van der Waals surface area contributed by atoms with E-state index < -0.39 is 6.09 Å². The number of hydrogen-bond donors (Lipinski definition) is 1. The zero-order valence-corrected chi connectivity index (χ0v) is 15.6. The molecule has 1 fully saturated rings. The van der Waals surface area contributed by atoms with Gasteiger partial charge in [-0.05, 0) is 23.3 Å². The number of halogens is 1. The number of hydrogen-bond acceptors (Lipinski definition) is 4. The van der Waals surface area contributed by atoms with Crippen LogP contribution in [0.4, 0.5) is 4.79 Å². The minimum absolute atomic E-state index is 0.0802. The number of alkyl carbamates (subject to hydrolysis) is 1. The molecule has 1 unspecified atom stereocenters. The lowest BCUT2D eigenvalue weighted by Gasteiger charge is -2.24. The first-order valence-electron chi connectivity index (χ1n) is 8.24. The number of carbonyl (C=O) groups is 2. The Balaban J connectivity index is 1.50. The summed E-state index contributed by atoms with van der Waals surface area (Å²) in [5, 5.41) is 3.09. The normalized spacial score (nSPS) is 16.3. The van der Waals surface area contributed by atoms with Gasteiger partial charge in [0.25, 0.3) is 0 Å². The van der Waals surface area contributed by atoms with E-state index in [2.05, 4.69) is 5.32 Å². The van der Waals surface area contributed by atoms with E-state index in [1.807, 2.05) is 48.5 Å². The van der Waals surface area contributed by atoms with Crippen molar-refractivity contribution in [2.24, 2.45) is 0 Å². The van der Waals surface area contributed by atoms with E-state index in [1.54, 1.807) is 22.7 Å². The molecule has 7 heteroatoms. The van der Waals surface area contributed by atoms with Crippen molar-refractivity contribution in [3.8, 4) is 0 Å². The van der Waals surface area contributed by atoms with Gasteiger partial charge in [-0.2, -0.15) is 0 Å². The Labute approximate surface area is 161 Å². The summed E-state index contributed by atoms with van der Waals surface area (Å²) in [5.41, 5.74) is 1.88. The van der Waals surface area contributed by atoms with Crippen LogP contribution in [0.15, 0.2) is 54.6 Å². The Hall–Kier alpha value is -2.18. The fourth-order valence-corrected chi connectivity index (χ4v) is 4.15. The summed E-state index contributed by atoms with van der Waals surface area (Å²) in [4.78, 5) is 26.1. The standard InChI is InChI=1S/C19H19ClN2O3S/c20-16-8-4-7-15(11-16)18-22(9-10-26-18)17(23)12-21-19(24)25-13-14-5-2-1-3-6-14/h1-8,11,18H,9-10,12-13H2,(H,21,24). The van der Waals surface area contributed by atoms with Crippen LogP contribution in [0.1, 0.15) is 16.5 Å². The molecular weight excluding hydrogens is 372 g/mol. The van der Waals surface area contributed by atoms with Gasteiger partial charge < -0.3 is 15.0 Å². The summed E-state index contributed by atoms with van der Waals surface area (Å²) in [6, 6.07) is 16.9. The molecule has 2 aromatic carbocycles. The van der Waals surface area contributed by atoms with E-state index in [4.69, 9.17) is 16.3 Å². The highest BCUT2D eigenvalue weighted by molar-refractivity contribution is 7.99. The van der Waals surface area contributed by atoms with Crippen molar-refractivity contribution >= 4 is 35.4 Å². The highest BCUT2D eigenvalue weighted by atomic mass is 35.5. The Kier molecular flexibility index (Phi) is 6.41. The molecule has 0 bridgehead atoms. The molecule has 0 saturated carbocycles. The van der Waals surface area contributed by atoms with Crippen LogP contribution < -0.4 is 5.32 Å². The minimum atomic E-state index is -0.603. The van der Waals surface area contributed by atoms with E-state index in [0.717, 1.165) is 16.9 Å². The van der Waals surface area contributed by atoms with Gasteiger partial charge in [-0.15, -0.1) is 11.8 Å². The Bertz CT molecular complexity index is 772. The maximum atomic E-state index is 12.5. The van der Waals surface area contributed by atoms with Gasteiger partial charge in [-0.25, -0.2) is 4.79 Å². The molecule has 0 spiro atoms. The molecule has 1 aliphatic heterocycles. The summed E-state index contributed by atoms with van der Waals surface area (Å²) in [5.74, 6) is 0.707. The molecule has 0 aliphatic carbocycles. The van der Waals surface area contributed by atoms with Gasteiger partial charge in [-0.1, -0.05) is 54.1 Å². The molecule has 26 heavy (non-hydrogen) atoms. The summed E-state index contributed by atoms with van der Waals surface area (Å²) in [6.45, 7) is 0.720. The molecule has 1 saturated heterocycles. The van der Waals surface area contributed by atoms with Crippen LogP contribution in [0.3, 0.4) is 0 Å². The molecule has 3 rings (SSSR count). The van der Waals surface area contributed by atoms with Crippen molar-refractivity contribution in [2.75, 3.05) is 18.8 Å². The summed E-state index contributed by atoms with van der Waals surface area (Å²) >= 11 is 7.74. The number of ether oxygens (including phenoxy) is 1. The van der Waals surface area contributed by atoms with Crippen molar-refractivity contribution in [1.82, 2.24) is 10.2 Å². The maximum absolute atomic E-state index is 12.5. The minimum Gasteiger partial charge on any atom is -0.445 e. The third-order valence-corrected chi connectivity index (χ3v) is 5.44. The van der Waals surface area contributed by atoms with Crippen molar-refractivity contribution < 1.29 is 14.3 Å². The molecule has 1 atom stereocenters. The van der Waals surface area contributed by atoms with E-state index in [1.165, 1.54) is 0 Å². The Morgan fingerprint density at radius 2 is 2.00 bits per heavy atom. The SMILES string of the molecule is O=C(NCC(=O)N1CCSC1c1cccc(Cl)c1)OCc1ccccc1. The number of benzene rings is 2. The first kappa shape index (κ1) is 18.6. The van der Waals surface area contributed by atoms with Crippen LogP contribution in [0.25, 0.3) is 0 Å². The first-order valence-corrected chi connectivity index (χ1v) is 9.67. The van der Waals surface area contributed by atoms with Crippen LogP contribution in [-0.2, 0) is 16.1 Å². The second-order valence-electron chi connectivity index (χ2n) is 5.78. The molecule has 136 valence electrons. The Morgan fingerprint density at radius 1 is 1.19 bits per heavy atom. The second kappa shape index (κ2) is 8.96. The topological polar surface area (TPSA) is 58.6 Å². The largest absolute Gasteiger partial charge is 0.445 e. The monoisotopic (exact) mass is 390 g/mol. The quantitative estimate of drug-likeness (QED) is 0.842. The highest BCUT2D eigenvalue weighted by Crippen LogP contribution is 2.38. The van der Waals surface area contributed by atoms with Gasteiger partial charge >= 0.3 is 6.09 Å². The van der Waals surface area contributed by atoms with Crippen LogP contribution in [0, 0.1) is 0 Å². The number of amides is 2. The zero-order valence-electron chi connectivity index (χ0n) is 14.1. The first-order chi connectivity index (χ1) is 12.6. The maximum Gasteiger partial charge on any atom is 0.407 e. The van der Waals surface area contributed by atoms with Gasteiger partial charge in [-0.3, -0.25) is 4.79 Å². The molecule has 0 radical (unpaired) electrons. The van der Waals surface area contributed by atoms with Gasteiger partial charge in [0.15, 0.2) is 0 Å². The molecule has 2 aromatic rings.